The first-order valence-corrected chi connectivity index (χ1v) is 10.2. The summed E-state index contributed by atoms with van der Waals surface area (Å²) < 4.78 is 10.6. The van der Waals surface area contributed by atoms with Gasteiger partial charge in [-0.1, -0.05) is 15.9 Å². The number of thioether (sulfide) groups is 1. The Morgan fingerprint density at radius 1 is 1.20 bits per heavy atom. The number of hydrogen-bond acceptors (Lipinski definition) is 7. The minimum atomic E-state index is -0.575. The van der Waals surface area contributed by atoms with Crippen molar-refractivity contribution in [3.05, 3.63) is 51.3 Å². The number of carbonyl (C=O) groups is 3. The number of anilines is 1. The van der Waals surface area contributed by atoms with Crippen LogP contribution in [-0.2, 0) is 9.59 Å². The van der Waals surface area contributed by atoms with Crippen molar-refractivity contribution in [3.8, 4) is 17.2 Å². The summed E-state index contributed by atoms with van der Waals surface area (Å²) >= 11 is 4.04. The lowest BCUT2D eigenvalue weighted by Crippen LogP contribution is -2.36. The Kier molecular flexibility index (Phi) is 6.68. The van der Waals surface area contributed by atoms with E-state index in [1.54, 1.807) is 24.3 Å². The number of rotatable bonds is 6. The molecule has 1 heterocycles. The van der Waals surface area contributed by atoms with Crippen LogP contribution in [0.3, 0.4) is 0 Å². The van der Waals surface area contributed by atoms with Gasteiger partial charge in [-0.25, -0.2) is 0 Å². The normalized spacial score (nSPS) is 14.9. The van der Waals surface area contributed by atoms with Crippen molar-refractivity contribution in [1.82, 2.24) is 4.90 Å². The molecule has 1 aliphatic rings. The van der Waals surface area contributed by atoms with E-state index in [2.05, 4.69) is 21.2 Å². The minimum Gasteiger partial charge on any atom is -0.504 e. The molecule has 0 atom stereocenters. The van der Waals surface area contributed by atoms with E-state index in [4.69, 9.17) is 9.47 Å². The first kappa shape index (κ1) is 21.7. The molecule has 3 rings (SSSR count). The van der Waals surface area contributed by atoms with Crippen molar-refractivity contribution in [3.63, 3.8) is 0 Å². The highest BCUT2D eigenvalue weighted by Gasteiger charge is 2.36. The van der Waals surface area contributed by atoms with Crippen LogP contribution in [0.5, 0.6) is 17.2 Å². The number of nitrogens with one attached hydrogen (secondary N) is 1. The van der Waals surface area contributed by atoms with Gasteiger partial charge in [-0.15, -0.1) is 0 Å². The van der Waals surface area contributed by atoms with Gasteiger partial charge in [0.15, 0.2) is 11.5 Å². The molecule has 2 aromatic rings. The zero-order valence-corrected chi connectivity index (χ0v) is 18.4. The van der Waals surface area contributed by atoms with Crippen molar-refractivity contribution in [2.45, 2.75) is 0 Å². The van der Waals surface area contributed by atoms with Gasteiger partial charge in [-0.3, -0.25) is 19.3 Å². The van der Waals surface area contributed by atoms with Crippen molar-refractivity contribution in [2.24, 2.45) is 0 Å². The summed E-state index contributed by atoms with van der Waals surface area (Å²) in [5, 5.41) is 11.9. The smallest absolute Gasteiger partial charge is 0.294 e. The van der Waals surface area contributed by atoms with Gasteiger partial charge in [0.05, 0.1) is 19.1 Å². The maximum absolute atomic E-state index is 12.6. The molecule has 0 aliphatic carbocycles. The van der Waals surface area contributed by atoms with E-state index in [0.717, 1.165) is 16.7 Å². The lowest BCUT2D eigenvalue weighted by Gasteiger charge is -2.12. The van der Waals surface area contributed by atoms with Crippen LogP contribution in [0.4, 0.5) is 10.5 Å². The van der Waals surface area contributed by atoms with Gasteiger partial charge in [0, 0.05) is 10.2 Å². The number of methoxy groups -OCH3 is 2. The molecule has 3 amide bonds. The van der Waals surface area contributed by atoms with Gasteiger partial charge < -0.3 is 19.9 Å². The van der Waals surface area contributed by atoms with Gasteiger partial charge in [-0.2, -0.15) is 0 Å². The molecule has 2 N–H and O–H groups in total. The second kappa shape index (κ2) is 9.23. The molecule has 0 aromatic heterocycles. The molecule has 30 heavy (non-hydrogen) atoms. The van der Waals surface area contributed by atoms with Gasteiger partial charge in [0.2, 0.25) is 5.91 Å². The highest BCUT2D eigenvalue weighted by molar-refractivity contribution is 9.10. The number of phenolic OH excluding ortho intramolecular Hbond substituents is 1. The van der Waals surface area contributed by atoms with Gasteiger partial charge in [0.25, 0.3) is 11.1 Å². The maximum atomic E-state index is 12.6. The first-order valence-electron chi connectivity index (χ1n) is 8.58. The molecule has 2 aromatic carbocycles. The summed E-state index contributed by atoms with van der Waals surface area (Å²) in [6.07, 6.45) is 1.50. The number of benzene rings is 2. The Labute approximate surface area is 185 Å². The summed E-state index contributed by atoms with van der Waals surface area (Å²) in [6.45, 7) is -0.409. The molecule has 8 nitrogen and oxygen atoms in total. The van der Waals surface area contributed by atoms with Crippen molar-refractivity contribution >= 4 is 56.5 Å². The van der Waals surface area contributed by atoms with E-state index < -0.39 is 23.6 Å². The van der Waals surface area contributed by atoms with E-state index in [-0.39, 0.29) is 16.4 Å². The van der Waals surface area contributed by atoms with Crippen LogP contribution < -0.4 is 14.8 Å². The number of aromatic hydroxyl groups is 1. The molecule has 10 heteroatoms. The Balaban J connectivity index is 1.72. The molecule has 0 spiro atoms. The van der Waals surface area contributed by atoms with E-state index in [1.807, 2.05) is 0 Å². The largest absolute Gasteiger partial charge is 0.504 e. The number of ether oxygens (including phenoxy) is 2. The van der Waals surface area contributed by atoms with E-state index >= 15 is 0 Å². The highest BCUT2D eigenvalue weighted by Crippen LogP contribution is 2.37. The van der Waals surface area contributed by atoms with Crippen LogP contribution >= 0.6 is 27.7 Å². The summed E-state index contributed by atoms with van der Waals surface area (Å²) in [6, 6.07) is 9.63. The molecule has 0 saturated carbocycles. The highest BCUT2D eigenvalue weighted by atomic mass is 79.9. The SMILES string of the molecule is COc1ccc(NC(=O)CN2C(=O)SC(=Cc3cc(OC)c(O)cc3Br)C2=O)cc1. The van der Waals surface area contributed by atoms with Crippen LogP contribution in [0.1, 0.15) is 5.56 Å². The standard InChI is InChI=1S/C20H17BrN2O6S/c1-28-13-5-3-12(4-6-13)22-18(25)10-23-19(26)17(30-20(23)27)8-11-7-16(29-2)15(24)9-14(11)21/h3-9,24H,10H2,1-2H3,(H,22,25). The summed E-state index contributed by atoms with van der Waals surface area (Å²) in [5.41, 5.74) is 1.06. The molecule has 0 radical (unpaired) electrons. The average Bonchev–Trinajstić information content (AvgIpc) is 2.98. The minimum absolute atomic E-state index is 0.0650. The zero-order valence-electron chi connectivity index (χ0n) is 16.0. The van der Waals surface area contributed by atoms with Gasteiger partial charge >= 0.3 is 0 Å². The van der Waals surface area contributed by atoms with E-state index in [0.29, 0.717) is 21.5 Å². The fourth-order valence-electron chi connectivity index (χ4n) is 2.63. The van der Waals surface area contributed by atoms with Crippen LogP contribution in [0, 0.1) is 0 Å². The number of halogens is 1. The van der Waals surface area contributed by atoms with Crippen molar-refractivity contribution in [1.29, 1.82) is 0 Å². The number of carbonyl (C=O) groups excluding carboxylic acids is 3. The van der Waals surface area contributed by atoms with Gasteiger partial charge in [-0.05, 0) is 59.8 Å². The van der Waals surface area contributed by atoms with Gasteiger partial charge in [0.1, 0.15) is 12.3 Å². The first-order chi connectivity index (χ1) is 14.3. The predicted molar refractivity (Wildman–Crippen MR) is 117 cm³/mol. The summed E-state index contributed by atoms with van der Waals surface area (Å²) in [5.74, 6) is -0.279. The molecule has 0 bridgehead atoms. The molecule has 0 unspecified atom stereocenters. The Bertz CT molecular complexity index is 1040. The maximum Gasteiger partial charge on any atom is 0.294 e. The molecular formula is C20H17BrN2O6S. The fourth-order valence-corrected chi connectivity index (χ4v) is 3.90. The third-order valence-corrected chi connectivity index (χ3v) is 5.73. The monoisotopic (exact) mass is 492 g/mol. The average molecular weight is 493 g/mol. The molecule has 1 aliphatic heterocycles. The fraction of sp³-hybridized carbons (Fsp3) is 0.150. The summed E-state index contributed by atoms with van der Waals surface area (Å²) in [4.78, 5) is 38.2. The lowest BCUT2D eigenvalue weighted by atomic mass is 10.2. The Hall–Kier alpha value is -2.98. The molecule has 156 valence electrons. The quantitative estimate of drug-likeness (QED) is 0.589. The van der Waals surface area contributed by atoms with Crippen LogP contribution in [0.15, 0.2) is 45.8 Å². The third kappa shape index (κ3) is 4.77. The predicted octanol–water partition coefficient (Wildman–Crippen LogP) is 3.85. The molecule has 1 saturated heterocycles. The van der Waals surface area contributed by atoms with Crippen molar-refractivity contribution in [2.75, 3.05) is 26.1 Å². The third-order valence-electron chi connectivity index (χ3n) is 4.13. The number of amides is 3. The topological polar surface area (TPSA) is 105 Å². The number of phenols is 1. The molecule has 1 fully saturated rings. The second-order valence-electron chi connectivity index (χ2n) is 6.09. The van der Waals surface area contributed by atoms with E-state index in [1.165, 1.54) is 32.4 Å². The number of imide groups is 1. The Morgan fingerprint density at radius 3 is 2.53 bits per heavy atom. The van der Waals surface area contributed by atoms with Crippen LogP contribution in [-0.4, -0.2) is 47.8 Å². The van der Waals surface area contributed by atoms with Crippen molar-refractivity contribution < 1.29 is 29.0 Å². The zero-order chi connectivity index (χ0) is 21.8. The van der Waals surface area contributed by atoms with Crippen LogP contribution in [0.25, 0.3) is 6.08 Å². The number of nitrogens with zero attached hydrogens (tertiary/aromatic N) is 1. The molecular weight excluding hydrogens is 476 g/mol. The lowest BCUT2D eigenvalue weighted by molar-refractivity contribution is -0.127. The summed E-state index contributed by atoms with van der Waals surface area (Å²) in [7, 11) is 2.94. The Morgan fingerprint density at radius 2 is 1.90 bits per heavy atom. The number of hydrogen-bond donors (Lipinski definition) is 2. The van der Waals surface area contributed by atoms with E-state index in [9.17, 15) is 19.5 Å². The second-order valence-corrected chi connectivity index (χ2v) is 7.94. The van der Waals surface area contributed by atoms with Crippen LogP contribution in [0.2, 0.25) is 0 Å².